The highest BCUT2D eigenvalue weighted by atomic mass is 16.6. The number of ether oxygens (including phenoxy) is 4. The topological polar surface area (TPSA) is 108 Å². The van der Waals surface area contributed by atoms with Crippen LogP contribution in [-0.2, 0) is 51.3 Å². The summed E-state index contributed by atoms with van der Waals surface area (Å²) in [7, 11) is 0. The Hall–Kier alpha value is -3.72. The molecule has 0 unspecified atom stereocenters. The molecule has 0 amide bonds. The second-order valence-corrected chi connectivity index (χ2v) is 11.0. The first kappa shape index (κ1) is 31.5. The van der Waals surface area contributed by atoms with Crippen LogP contribution < -0.4 is 0 Å². The van der Waals surface area contributed by atoms with Crippen molar-refractivity contribution in [3.63, 3.8) is 0 Å². The second-order valence-electron chi connectivity index (χ2n) is 11.0. The van der Waals surface area contributed by atoms with E-state index in [-0.39, 0.29) is 13.2 Å². The highest BCUT2D eigenvalue weighted by molar-refractivity contribution is 5.85. The van der Waals surface area contributed by atoms with Gasteiger partial charge >= 0.3 is 23.9 Å². The molecule has 212 valence electrons. The molecule has 0 spiro atoms. The van der Waals surface area contributed by atoms with Crippen molar-refractivity contribution in [1.29, 1.82) is 0 Å². The van der Waals surface area contributed by atoms with E-state index in [1.54, 1.807) is 65.8 Å². The van der Waals surface area contributed by atoms with Crippen LogP contribution in [0.2, 0.25) is 0 Å². The lowest BCUT2D eigenvalue weighted by molar-refractivity contribution is -0.171. The van der Waals surface area contributed by atoms with Gasteiger partial charge in [-0.3, -0.25) is 24.1 Å². The fourth-order valence-corrected chi connectivity index (χ4v) is 3.45. The van der Waals surface area contributed by atoms with Crippen molar-refractivity contribution in [1.82, 2.24) is 4.90 Å². The van der Waals surface area contributed by atoms with Gasteiger partial charge in [0.1, 0.15) is 30.5 Å². The number of esters is 4. The minimum atomic E-state index is -1.30. The monoisotopic (exact) mass is 541 g/mol. The minimum absolute atomic E-state index is 0.00906. The Balaban J connectivity index is 2.25. The first-order chi connectivity index (χ1) is 18.2. The molecule has 0 aromatic heterocycles. The first-order valence-electron chi connectivity index (χ1n) is 12.8. The van der Waals surface area contributed by atoms with Crippen molar-refractivity contribution in [2.24, 2.45) is 0 Å². The Labute approximate surface area is 230 Å². The fraction of sp³-hybridized carbons (Fsp3) is 0.467. The zero-order chi connectivity index (χ0) is 29.1. The average molecular weight is 542 g/mol. The number of nitrogens with zero attached hydrogens (tertiary/aromatic N) is 1. The maximum atomic E-state index is 13.2. The summed E-state index contributed by atoms with van der Waals surface area (Å²) in [6, 6.07) is 16.9. The van der Waals surface area contributed by atoms with Gasteiger partial charge in [-0.15, -0.1) is 0 Å². The highest BCUT2D eigenvalue weighted by Crippen LogP contribution is 2.18. The summed E-state index contributed by atoms with van der Waals surface area (Å²) in [6.07, 6.45) is -0.440. The molecule has 2 rings (SSSR count). The van der Waals surface area contributed by atoms with Gasteiger partial charge in [0.2, 0.25) is 0 Å². The molecule has 0 saturated heterocycles. The molecule has 0 radical (unpaired) electrons. The van der Waals surface area contributed by atoms with Crippen LogP contribution in [-0.4, -0.2) is 59.1 Å². The van der Waals surface area contributed by atoms with E-state index in [1.165, 1.54) is 4.90 Å². The summed E-state index contributed by atoms with van der Waals surface area (Å²) in [6.45, 7) is 9.25. The van der Waals surface area contributed by atoms with Gasteiger partial charge < -0.3 is 18.9 Å². The Morgan fingerprint density at radius 1 is 0.641 bits per heavy atom. The van der Waals surface area contributed by atoms with Gasteiger partial charge in [0.25, 0.3) is 0 Å². The molecule has 9 nitrogen and oxygen atoms in total. The number of hydrogen-bond donors (Lipinski definition) is 0. The van der Waals surface area contributed by atoms with E-state index >= 15 is 0 Å². The molecule has 0 aliphatic rings. The minimum Gasteiger partial charge on any atom is -0.460 e. The smallest absolute Gasteiger partial charge is 0.324 e. The number of benzene rings is 2. The maximum Gasteiger partial charge on any atom is 0.324 e. The molecule has 1 atom stereocenters. The lowest BCUT2D eigenvalue weighted by atomic mass is 10.1. The lowest BCUT2D eigenvalue weighted by Crippen LogP contribution is -2.50. The molecule has 0 aliphatic carbocycles. The molecule has 39 heavy (non-hydrogen) atoms. The van der Waals surface area contributed by atoms with Crippen LogP contribution in [0.5, 0.6) is 0 Å². The molecule has 0 saturated carbocycles. The third-order valence-electron chi connectivity index (χ3n) is 5.05. The van der Waals surface area contributed by atoms with Gasteiger partial charge in [-0.1, -0.05) is 60.7 Å². The van der Waals surface area contributed by atoms with Crippen molar-refractivity contribution < 1.29 is 38.1 Å². The summed E-state index contributed by atoms with van der Waals surface area (Å²) in [5.41, 5.74) is -0.130. The summed E-state index contributed by atoms with van der Waals surface area (Å²) < 4.78 is 21.7. The van der Waals surface area contributed by atoms with Crippen LogP contribution >= 0.6 is 0 Å². The normalized spacial score (nSPS) is 12.4. The van der Waals surface area contributed by atoms with E-state index in [2.05, 4.69) is 0 Å². The number of hydrogen-bond acceptors (Lipinski definition) is 9. The zero-order valence-corrected chi connectivity index (χ0v) is 23.6. The SMILES string of the molecule is CC(C)(C)OC(=O)C[C@@H](C(=O)OC(C)(C)C)N(CC(=O)OCc1ccccc1)CC(=O)OCc1ccccc1. The molecule has 0 fully saturated rings. The average Bonchev–Trinajstić information content (AvgIpc) is 2.83. The van der Waals surface area contributed by atoms with E-state index in [1.807, 2.05) is 36.4 Å². The van der Waals surface area contributed by atoms with Crippen LogP contribution in [0.25, 0.3) is 0 Å². The molecule has 2 aromatic carbocycles. The lowest BCUT2D eigenvalue weighted by Gasteiger charge is -2.31. The van der Waals surface area contributed by atoms with Crippen LogP contribution in [0.4, 0.5) is 0 Å². The highest BCUT2D eigenvalue weighted by Gasteiger charge is 2.36. The molecule has 0 N–H and O–H groups in total. The largest absolute Gasteiger partial charge is 0.460 e. The first-order valence-corrected chi connectivity index (χ1v) is 12.8. The molecule has 0 heterocycles. The van der Waals surface area contributed by atoms with Crippen LogP contribution in [0.15, 0.2) is 60.7 Å². The maximum absolute atomic E-state index is 13.2. The number of rotatable bonds is 12. The van der Waals surface area contributed by atoms with Crippen molar-refractivity contribution in [3.8, 4) is 0 Å². The fourth-order valence-electron chi connectivity index (χ4n) is 3.45. The van der Waals surface area contributed by atoms with Crippen LogP contribution in [0, 0.1) is 0 Å². The summed E-state index contributed by atoms with van der Waals surface area (Å²) in [5, 5.41) is 0. The van der Waals surface area contributed by atoms with Crippen molar-refractivity contribution in [2.75, 3.05) is 13.1 Å². The third-order valence-corrected chi connectivity index (χ3v) is 5.05. The van der Waals surface area contributed by atoms with Crippen LogP contribution in [0.3, 0.4) is 0 Å². The van der Waals surface area contributed by atoms with E-state index in [0.29, 0.717) is 0 Å². The molecular formula is C30H39NO8. The zero-order valence-electron chi connectivity index (χ0n) is 23.6. The number of carbonyl (C=O) groups is 4. The van der Waals surface area contributed by atoms with Gasteiger partial charge in [-0.25, -0.2) is 0 Å². The van der Waals surface area contributed by atoms with E-state index < -0.39 is 60.6 Å². The summed E-state index contributed by atoms with van der Waals surface area (Å²) in [4.78, 5) is 52.9. The summed E-state index contributed by atoms with van der Waals surface area (Å²) in [5.74, 6) is -2.83. The Morgan fingerprint density at radius 2 is 1.05 bits per heavy atom. The predicted molar refractivity (Wildman–Crippen MR) is 144 cm³/mol. The van der Waals surface area contributed by atoms with E-state index in [0.717, 1.165) is 11.1 Å². The van der Waals surface area contributed by atoms with Gasteiger partial charge in [0.15, 0.2) is 0 Å². The molecule has 0 aliphatic heterocycles. The van der Waals surface area contributed by atoms with Crippen molar-refractivity contribution >= 4 is 23.9 Å². The van der Waals surface area contributed by atoms with Crippen molar-refractivity contribution in [2.45, 2.75) is 78.4 Å². The molecule has 0 bridgehead atoms. The number of carbonyl (C=O) groups excluding carboxylic acids is 4. The standard InChI is InChI=1S/C30H39NO8/c1-29(2,3)38-25(32)17-24(28(35)39-30(4,5)6)31(18-26(33)36-20-22-13-9-7-10-14-22)19-27(34)37-21-23-15-11-8-12-16-23/h7-16,24H,17-21H2,1-6H3/t24-/m0/s1. The van der Waals surface area contributed by atoms with E-state index in [9.17, 15) is 19.2 Å². The summed E-state index contributed by atoms with van der Waals surface area (Å²) >= 11 is 0. The molecule has 2 aromatic rings. The predicted octanol–water partition coefficient (Wildman–Crippen LogP) is 4.22. The van der Waals surface area contributed by atoms with Gasteiger partial charge in [-0.05, 0) is 52.7 Å². The van der Waals surface area contributed by atoms with Gasteiger partial charge in [-0.2, -0.15) is 0 Å². The Morgan fingerprint density at radius 3 is 1.44 bits per heavy atom. The van der Waals surface area contributed by atoms with Crippen molar-refractivity contribution in [3.05, 3.63) is 71.8 Å². The second kappa shape index (κ2) is 14.4. The van der Waals surface area contributed by atoms with E-state index in [4.69, 9.17) is 18.9 Å². The molecule has 9 heteroatoms. The molecular weight excluding hydrogens is 502 g/mol. The van der Waals surface area contributed by atoms with Gasteiger partial charge in [0, 0.05) is 0 Å². The third kappa shape index (κ3) is 13.1. The quantitative estimate of drug-likeness (QED) is 0.288. The van der Waals surface area contributed by atoms with Crippen LogP contribution in [0.1, 0.15) is 59.1 Å². The van der Waals surface area contributed by atoms with Gasteiger partial charge in [0.05, 0.1) is 19.5 Å². The Kier molecular flexibility index (Phi) is 11.7. The Bertz CT molecular complexity index is 1030.